The molecule has 1 fully saturated rings. The van der Waals surface area contributed by atoms with Gasteiger partial charge in [-0.25, -0.2) is 0 Å². The molecule has 0 bridgehead atoms. The molecule has 0 aromatic carbocycles. The van der Waals surface area contributed by atoms with Gasteiger partial charge in [0.2, 0.25) is 0 Å². The smallest absolute Gasteiger partial charge is 0.309 e. The van der Waals surface area contributed by atoms with E-state index in [1.165, 1.54) is 0 Å². The maximum absolute atomic E-state index is 10.5. The highest BCUT2D eigenvalue weighted by Gasteiger charge is 2.28. The van der Waals surface area contributed by atoms with Crippen molar-refractivity contribution in [3.63, 3.8) is 0 Å². The summed E-state index contributed by atoms with van der Waals surface area (Å²) < 4.78 is 14.4. The zero-order valence-electron chi connectivity index (χ0n) is 7.32. The molecule has 1 heterocycles. The highest BCUT2D eigenvalue weighted by molar-refractivity contribution is 5.70. The second-order valence-corrected chi connectivity index (χ2v) is 2.21. The molecule has 0 saturated carbocycles. The summed E-state index contributed by atoms with van der Waals surface area (Å²) in [6, 6.07) is 0. The molecule has 1 rings (SSSR count). The lowest BCUT2D eigenvalue weighted by atomic mass is 9.96. The van der Waals surface area contributed by atoms with Gasteiger partial charge in [-0.1, -0.05) is 0 Å². The summed E-state index contributed by atoms with van der Waals surface area (Å²) in [6.07, 6.45) is -1.17. The fraction of sp³-hybridized carbons (Fsp3) is 0.833. The van der Waals surface area contributed by atoms with E-state index in [0.717, 1.165) is 0 Å². The summed E-state index contributed by atoms with van der Waals surface area (Å²) in [5, 5.41) is 20.2. The molecule has 1 aliphatic rings. The Balaban J connectivity index is 2.66. The van der Waals surface area contributed by atoms with Crippen LogP contribution in [0.2, 0.25) is 0 Å². The molecule has 0 aliphatic carbocycles. The first-order chi connectivity index (χ1) is 5.52. The van der Waals surface area contributed by atoms with Gasteiger partial charge >= 0.3 is 5.97 Å². The van der Waals surface area contributed by atoms with E-state index >= 15 is 0 Å². The van der Waals surface area contributed by atoms with Gasteiger partial charge in [-0.3, -0.25) is 4.79 Å². The van der Waals surface area contributed by atoms with E-state index in [1.54, 1.807) is 0 Å². The fourth-order valence-electron chi connectivity index (χ4n) is 0.864. The summed E-state index contributed by atoms with van der Waals surface area (Å²) >= 11 is 0. The molecule has 1 aliphatic heterocycles. The first kappa shape index (κ1) is 5.09. The SMILES string of the molecule is [2H]C1CC(C(=O)O)C(O)C([2H])N1. The molecule has 3 N–H and O–H groups in total. The molecular weight excluding hydrogens is 134 g/mol. The molecule has 58 valence electrons. The Morgan fingerprint density at radius 2 is 2.50 bits per heavy atom. The highest BCUT2D eigenvalue weighted by atomic mass is 16.4. The lowest BCUT2D eigenvalue weighted by molar-refractivity contribution is -0.146. The third kappa shape index (κ3) is 1.46. The van der Waals surface area contributed by atoms with Crippen LogP contribution in [0.25, 0.3) is 0 Å². The number of aliphatic carboxylic acids is 1. The summed E-state index contributed by atoms with van der Waals surface area (Å²) in [5.41, 5.74) is 0. The van der Waals surface area contributed by atoms with Gasteiger partial charge in [0.15, 0.2) is 0 Å². The van der Waals surface area contributed by atoms with Crippen LogP contribution in [-0.4, -0.2) is 35.3 Å². The number of β-amino-alcohol motifs (C(OH)–C–C–N with tert-alkyl or cyclic N) is 1. The molecule has 0 aromatic heterocycles. The van der Waals surface area contributed by atoms with Crippen molar-refractivity contribution in [3.05, 3.63) is 0 Å². The van der Waals surface area contributed by atoms with Crippen molar-refractivity contribution < 1.29 is 17.7 Å². The molecule has 0 amide bonds. The van der Waals surface area contributed by atoms with Crippen molar-refractivity contribution in [3.8, 4) is 0 Å². The van der Waals surface area contributed by atoms with E-state index in [0.29, 0.717) is 0 Å². The van der Waals surface area contributed by atoms with Gasteiger partial charge in [0.05, 0.1) is 12.0 Å². The Morgan fingerprint density at radius 1 is 1.80 bits per heavy atom. The predicted molar refractivity (Wildman–Crippen MR) is 34.6 cm³/mol. The van der Waals surface area contributed by atoms with Crippen molar-refractivity contribution in [2.45, 2.75) is 12.5 Å². The number of carboxylic acids is 1. The summed E-state index contributed by atoms with van der Waals surface area (Å²) in [5.74, 6) is -2.13. The maximum atomic E-state index is 10.5. The molecule has 4 heteroatoms. The lowest BCUT2D eigenvalue weighted by Gasteiger charge is -2.24. The monoisotopic (exact) mass is 147 g/mol. The topological polar surface area (TPSA) is 69.6 Å². The average molecular weight is 147 g/mol. The molecule has 0 radical (unpaired) electrons. The van der Waals surface area contributed by atoms with Crippen LogP contribution in [-0.2, 0) is 4.79 Å². The van der Waals surface area contributed by atoms with Crippen molar-refractivity contribution in [2.75, 3.05) is 13.0 Å². The Bertz CT molecular complexity index is 190. The number of carboxylic acid groups (broad SMARTS) is 1. The van der Waals surface area contributed by atoms with Crippen LogP contribution in [0.1, 0.15) is 9.16 Å². The minimum absolute atomic E-state index is 0.0475. The molecule has 4 atom stereocenters. The zero-order chi connectivity index (χ0) is 9.30. The zero-order valence-corrected chi connectivity index (χ0v) is 5.32. The van der Waals surface area contributed by atoms with Gasteiger partial charge < -0.3 is 15.5 Å². The van der Waals surface area contributed by atoms with Crippen molar-refractivity contribution in [2.24, 2.45) is 5.92 Å². The van der Waals surface area contributed by atoms with Crippen molar-refractivity contribution in [1.29, 1.82) is 0 Å². The summed E-state index contributed by atoms with van der Waals surface area (Å²) in [4.78, 5) is 10.5. The average Bonchev–Trinajstić information content (AvgIpc) is 1.96. The number of hydrogen-bond donors (Lipinski definition) is 3. The molecule has 0 aromatic rings. The lowest BCUT2D eigenvalue weighted by Crippen LogP contribution is -2.43. The van der Waals surface area contributed by atoms with Crippen LogP contribution in [0, 0.1) is 5.92 Å². The van der Waals surface area contributed by atoms with Crippen molar-refractivity contribution in [1.82, 2.24) is 5.32 Å². The number of aliphatic hydroxyl groups excluding tert-OH is 1. The van der Waals surface area contributed by atoms with Crippen LogP contribution in [0.3, 0.4) is 0 Å². The highest BCUT2D eigenvalue weighted by Crippen LogP contribution is 2.11. The quantitative estimate of drug-likeness (QED) is 0.447. The second-order valence-electron chi connectivity index (χ2n) is 2.21. The Labute approximate surface area is 61.7 Å². The van der Waals surface area contributed by atoms with Gasteiger partial charge in [0.25, 0.3) is 0 Å². The van der Waals surface area contributed by atoms with Crippen LogP contribution in [0.4, 0.5) is 0 Å². The Kier molecular flexibility index (Phi) is 1.52. The number of rotatable bonds is 1. The van der Waals surface area contributed by atoms with E-state index in [2.05, 4.69) is 5.32 Å². The standard InChI is InChI=1S/C6H11NO3/c8-5-3-7-2-1-4(5)6(9)10/h4-5,7-8H,1-3H2,(H,9,10)/i2D,3D. The minimum atomic E-state index is -1.22. The number of carbonyl (C=O) groups is 1. The summed E-state index contributed by atoms with van der Waals surface area (Å²) in [6.45, 7) is -1.83. The van der Waals surface area contributed by atoms with Crippen LogP contribution in [0.15, 0.2) is 0 Å². The van der Waals surface area contributed by atoms with Crippen LogP contribution < -0.4 is 5.32 Å². The van der Waals surface area contributed by atoms with E-state index < -0.39 is 31.0 Å². The molecule has 4 nitrogen and oxygen atoms in total. The van der Waals surface area contributed by atoms with Gasteiger partial charge in [0.1, 0.15) is 0 Å². The van der Waals surface area contributed by atoms with Gasteiger partial charge in [0, 0.05) is 9.26 Å². The van der Waals surface area contributed by atoms with E-state index in [1.807, 2.05) is 0 Å². The van der Waals surface area contributed by atoms with Gasteiger partial charge in [-0.15, -0.1) is 0 Å². The summed E-state index contributed by atoms with van der Waals surface area (Å²) in [7, 11) is 0. The van der Waals surface area contributed by atoms with Gasteiger partial charge in [-0.2, -0.15) is 0 Å². The second kappa shape index (κ2) is 2.98. The van der Waals surface area contributed by atoms with E-state index in [9.17, 15) is 9.90 Å². The normalized spacial score (nSPS) is 51.3. The third-order valence-electron chi connectivity index (χ3n) is 1.49. The Hall–Kier alpha value is -0.610. The first-order valence-electron chi connectivity index (χ1n) is 4.19. The van der Waals surface area contributed by atoms with Crippen LogP contribution in [0.5, 0.6) is 0 Å². The minimum Gasteiger partial charge on any atom is -0.481 e. The number of piperidine rings is 1. The molecule has 4 unspecified atom stereocenters. The first-order valence-corrected chi connectivity index (χ1v) is 3.04. The van der Waals surface area contributed by atoms with E-state index in [4.69, 9.17) is 7.85 Å². The number of hydrogen-bond acceptors (Lipinski definition) is 3. The largest absolute Gasteiger partial charge is 0.481 e. The molecule has 0 spiro atoms. The van der Waals surface area contributed by atoms with Crippen molar-refractivity contribution >= 4 is 5.97 Å². The van der Waals surface area contributed by atoms with E-state index in [-0.39, 0.29) is 6.42 Å². The predicted octanol–water partition coefficient (Wildman–Crippen LogP) is -0.959. The molecule has 1 saturated heterocycles. The molecule has 10 heavy (non-hydrogen) atoms. The number of aliphatic hydroxyl groups is 1. The maximum Gasteiger partial charge on any atom is 0.309 e. The Morgan fingerprint density at radius 3 is 3.10 bits per heavy atom. The third-order valence-corrected chi connectivity index (χ3v) is 1.49. The molecular formula is C6H11NO3. The van der Waals surface area contributed by atoms with Crippen LogP contribution >= 0.6 is 0 Å². The fourth-order valence-corrected chi connectivity index (χ4v) is 0.864. The number of nitrogens with one attached hydrogen (secondary N) is 1. The van der Waals surface area contributed by atoms with Gasteiger partial charge in [-0.05, 0) is 12.9 Å².